The van der Waals surface area contributed by atoms with Crippen LogP contribution in [0.5, 0.6) is 0 Å². The summed E-state index contributed by atoms with van der Waals surface area (Å²) in [5, 5.41) is 2.97. The number of hydrogen-bond donors (Lipinski definition) is 1. The summed E-state index contributed by atoms with van der Waals surface area (Å²) in [5.41, 5.74) is 3.52. The fourth-order valence-electron chi connectivity index (χ4n) is 2.95. The van der Waals surface area contributed by atoms with Crippen molar-refractivity contribution in [3.05, 3.63) is 59.2 Å². The van der Waals surface area contributed by atoms with E-state index in [4.69, 9.17) is 0 Å². The first-order valence-electron chi connectivity index (χ1n) is 9.98. The van der Waals surface area contributed by atoms with Crippen LogP contribution in [0.3, 0.4) is 0 Å². The van der Waals surface area contributed by atoms with E-state index in [1.807, 2.05) is 26.0 Å². The van der Waals surface area contributed by atoms with Gasteiger partial charge in [0.05, 0.1) is 4.90 Å². The van der Waals surface area contributed by atoms with Crippen molar-refractivity contribution in [3.63, 3.8) is 0 Å². The summed E-state index contributed by atoms with van der Waals surface area (Å²) in [6, 6.07) is 12.0. The molecule has 158 valence electrons. The molecule has 0 aromatic heterocycles. The van der Waals surface area contributed by atoms with E-state index < -0.39 is 10.0 Å². The standard InChI is InChI=1S/C23H32N2O3S/c1-15(2)19-10-13-22(21(14-19)16(3)4)24-23(26)18-8-11-20(12-9-18)29(27,28)25(7)17(5)6/h8-17H,1-7H3,(H,24,26). The van der Waals surface area contributed by atoms with E-state index in [0.717, 1.165) is 11.3 Å². The Morgan fingerprint density at radius 1 is 0.897 bits per heavy atom. The lowest BCUT2D eigenvalue weighted by molar-refractivity contribution is 0.102. The average Bonchev–Trinajstić information content (AvgIpc) is 2.67. The maximum atomic E-state index is 12.7. The smallest absolute Gasteiger partial charge is 0.255 e. The van der Waals surface area contributed by atoms with Gasteiger partial charge >= 0.3 is 0 Å². The average molecular weight is 417 g/mol. The van der Waals surface area contributed by atoms with E-state index in [9.17, 15) is 13.2 Å². The predicted octanol–water partition coefficient (Wildman–Crippen LogP) is 5.21. The first-order valence-corrected chi connectivity index (χ1v) is 11.4. The predicted molar refractivity (Wildman–Crippen MR) is 119 cm³/mol. The molecule has 0 aliphatic heterocycles. The third-order valence-electron chi connectivity index (χ3n) is 5.13. The highest BCUT2D eigenvalue weighted by atomic mass is 32.2. The number of rotatable bonds is 7. The van der Waals surface area contributed by atoms with E-state index in [0.29, 0.717) is 11.5 Å². The molecule has 1 amide bonds. The Hall–Kier alpha value is -2.18. The summed E-state index contributed by atoms with van der Waals surface area (Å²) in [7, 11) is -2.02. The molecule has 2 aromatic carbocycles. The van der Waals surface area contributed by atoms with Crippen LogP contribution in [0.1, 0.15) is 74.9 Å². The number of amides is 1. The minimum Gasteiger partial charge on any atom is -0.322 e. The summed E-state index contributed by atoms with van der Waals surface area (Å²) in [6.45, 7) is 12.1. The minimum atomic E-state index is -3.57. The molecule has 2 rings (SSSR count). The number of carbonyl (C=O) groups is 1. The molecule has 0 aliphatic rings. The number of nitrogens with zero attached hydrogens (tertiary/aromatic N) is 1. The highest BCUT2D eigenvalue weighted by Gasteiger charge is 2.23. The molecule has 6 heteroatoms. The van der Waals surface area contributed by atoms with Gasteiger partial charge in [-0.3, -0.25) is 4.79 Å². The van der Waals surface area contributed by atoms with Gasteiger partial charge < -0.3 is 5.32 Å². The Kier molecular flexibility index (Phi) is 7.25. The second kappa shape index (κ2) is 9.09. The first kappa shape index (κ1) is 23.1. The maximum absolute atomic E-state index is 12.7. The van der Waals surface area contributed by atoms with Crippen molar-refractivity contribution in [1.29, 1.82) is 0 Å². The molecule has 0 spiro atoms. The van der Waals surface area contributed by atoms with Crippen LogP contribution in [0.4, 0.5) is 5.69 Å². The highest BCUT2D eigenvalue weighted by molar-refractivity contribution is 7.89. The normalized spacial score (nSPS) is 12.2. The molecule has 2 aromatic rings. The van der Waals surface area contributed by atoms with Gasteiger partial charge in [0.15, 0.2) is 0 Å². The van der Waals surface area contributed by atoms with Crippen molar-refractivity contribution in [2.24, 2.45) is 0 Å². The largest absolute Gasteiger partial charge is 0.322 e. The molecule has 0 radical (unpaired) electrons. The van der Waals surface area contributed by atoms with E-state index in [1.54, 1.807) is 19.2 Å². The summed E-state index contributed by atoms with van der Waals surface area (Å²) >= 11 is 0. The van der Waals surface area contributed by atoms with Crippen molar-refractivity contribution < 1.29 is 13.2 Å². The van der Waals surface area contributed by atoms with Gasteiger partial charge in [0.2, 0.25) is 10.0 Å². The lowest BCUT2D eigenvalue weighted by atomic mass is 9.94. The van der Waals surface area contributed by atoms with Crippen molar-refractivity contribution in [2.75, 3.05) is 12.4 Å². The van der Waals surface area contributed by atoms with Crippen LogP contribution >= 0.6 is 0 Å². The van der Waals surface area contributed by atoms with E-state index in [2.05, 4.69) is 39.1 Å². The van der Waals surface area contributed by atoms with Crippen LogP contribution in [0.15, 0.2) is 47.4 Å². The molecule has 0 aliphatic carbocycles. The van der Waals surface area contributed by atoms with E-state index >= 15 is 0 Å². The van der Waals surface area contributed by atoms with Gasteiger partial charge in [-0.15, -0.1) is 0 Å². The molecule has 0 bridgehead atoms. The third kappa shape index (κ3) is 5.25. The Balaban J connectivity index is 2.26. The summed E-state index contributed by atoms with van der Waals surface area (Å²) in [6.07, 6.45) is 0. The van der Waals surface area contributed by atoms with Crippen LogP contribution < -0.4 is 5.32 Å². The van der Waals surface area contributed by atoms with Gasteiger partial charge in [-0.25, -0.2) is 8.42 Å². The van der Waals surface area contributed by atoms with Crippen LogP contribution in [0, 0.1) is 0 Å². The van der Waals surface area contributed by atoms with Crippen LogP contribution in [0.25, 0.3) is 0 Å². The second-order valence-corrected chi connectivity index (χ2v) is 10.2. The van der Waals surface area contributed by atoms with Crippen molar-refractivity contribution in [2.45, 2.75) is 64.3 Å². The maximum Gasteiger partial charge on any atom is 0.255 e. The zero-order valence-corrected chi connectivity index (χ0v) is 19.2. The summed E-state index contributed by atoms with van der Waals surface area (Å²) < 4.78 is 26.5. The number of hydrogen-bond acceptors (Lipinski definition) is 3. The highest BCUT2D eigenvalue weighted by Crippen LogP contribution is 2.29. The van der Waals surface area contributed by atoms with E-state index in [-0.39, 0.29) is 22.8 Å². The molecule has 0 heterocycles. The molecule has 0 fully saturated rings. The SMILES string of the molecule is CC(C)c1ccc(NC(=O)c2ccc(S(=O)(=O)N(C)C(C)C)cc2)c(C(C)C)c1. The second-order valence-electron chi connectivity index (χ2n) is 8.25. The van der Waals surface area contributed by atoms with Gasteiger partial charge in [0, 0.05) is 24.3 Å². The molecule has 0 saturated heterocycles. The molecule has 0 unspecified atom stereocenters. The molecule has 29 heavy (non-hydrogen) atoms. The van der Waals surface area contributed by atoms with Gasteiger partial charge in [-0.1, -0.05) is 39.8 Å². The third-order valence-corrected chi connectivity index (χ3v) is 7.18. The fourth-order valence-corrected chi connectivity index (χ4v) is 4.32. The fraction of sp³-hybridized carbons (Fsp3) is 0.435. The number of sulfonamides is 1. The first-order chi connectivity index (χ1) is 13.4. The molecule has 0 atom stereocenters. The topological polar surface area (TPSA) is 66.5 Å². The molecule has 0 saturated carbocycles. The molecular formula is C23H32N2O3S. The quantitative estimate of drug-likeness (QED) is 0.673. The van der Waals surface area contributed by atoms with Crippen molar-refractivity contribution in [1.82, 2.24) is 4.31 Å². The van der Waals surface area contributed by atoms with Gasteiger partial charge in [-0.05, 0) is 67.1 Å². The van der Waals surface area contributed by atoms with Crippen LogP contribution in [-0.2, 0) is 10.0 Å². The number of nitrogens with one attached hydrogen (secondary N) is 1. The Morgan fingerprint density at radius 3 is 1.97 bits per heavy atom. The van der Waals surface area contributed by atoms with Gasteiger partial charge in [0.1, 0.15) is 0 Å². The Bertz CT molecular complexity index is 962. The van der Waals surface area contributed by atoms with Crippen molar-refractivity contribution >= 4 is 21.6 Å². The Labute approximate surface area is 175 Å². The van der Waals surface area contributed by atoms with E-state index in [1.165, 1.54) is 22.0 Å². The Morgan fingerprint density at radius 2 is 1.48 bits per heavy atom. The molecular weight excluding hydrogens is 384 g/mol. The van der Waals surface area contributed by atoms with Crippen LogP contribution in [-0.4, -0.2) is 31.7 Å². The monoisotopic (exact) mass is 416 g/mol. The number of anilines is 1. The zero-order valence-electron chi connectivity index (χ0n) is 18.4. The number of benzene rings is 2. The van der Waals surface area contributed by atoms with Crippen LogP contribution in [0.2, 0.25) is 0 Å². The summed E-state index contributed by atoms with van der Waals surface area (Å²) in [4.78, 5) is 12.9. The zero-order chi connectivity index (χ0) is 21.9. The molecule has 5 nitrogen and oxygen atoms in total. The minimum absolute atomic E-state index is 0.147. The van der Waals surface area contributed by atoms with Gasteiger partial charge in [-0.2, -0.15) is 4.31 Å². The summed E-state index contributed by atoms with van der Waals surface area (Å²) in [5.74, 6) is 0.421. The van der Waals surface area contributed by atoms with Crippen molar-refractivity contribution in [3.8, 4) is 0 Å². The molecule has 1 N–H and O–H groups in total. The van der Waals surface area contributed by atoms with Gasteiger partial charge in [0.25, 0.3) is 5.91 Å². The lowest BCUT2D eigenvalue weighted by Gasteiger charge is -2.21. The lowest BCUT2D eigenvalue weighted by Crippen LogP contribution is -2.33. The number of carbonyl (C=O) groups excluding carboxylic acids is 1.